The van der Waals surface area contributed by atoms with Gasteiger partial charge in [0.25, 0.3) is 0 Å². The molecule has 0 saturated carbocycles. The van der Waals surface area contributed by atoms with Crippen molar-refractivity contribution >= 4 is 6.03 Å². The van der Waals surface area contributed by atoms with Gasteiger partial charge in [0.2, 0.25) is 0 Å². The number of fused-ring (bicyclic) bond motifs is 1. The van der Waals surface area contributed by atoms with Gasteiger partial charge in [-0.3, -0.25) is 4.90 Å². The Morgan fingerprint density at radius 1 is 1.36 bits per heavy atom. The summed E-state index contributed by atoms with van der Waals surface area (Å²) >= 11 is 0. The minimum absolute atomic E-state index is 0.0216. The van der Waals surface area contributed by atoms with Crippen LogP contribution in [0.15, 0.2) is 24.3 Å². The SMILES string of the molecule is Cc1ccccc1OCCCNC(=O)N1CC[C@@H]2OCCN(C)[C@H]2C1. The first-order valence-corrected chi connectivity index (χ1v) is 9.18. The van der Waals surface area contributed by atoms with Crippen LogP contribution in [0.3, 0.4) is 0 Å². The number of nitrogens with one attached hydrogen (secondary N) is 1. The predicted molar refractivity (Wildman–Crippen MR) is 97.0 cm³/mol. The Bertz CT molecular complexity index is 581. The monoisotopic (exact) mass is 347 g/mol. The molecule has 2 amide bonds. The summed E-state index contributed by atoms with van der Waals surface area (Å²) < 4.78 is 11.6. The van der Waals surface area contributed by atoms with Gasteiger partial charge >= 0.3 is 6.03 Å². The molecular weight excluding hydrogens is 318 g/mol. The van der Waals surface area contributed by atoms with Crippen LogP contribution in [-0.2, 0) is 4.74 Å². The number of hydrogen-bond donors (Lipinski definition) is 1. The molecule has 6 heteroatoms. The Hall–Kier alpha value is -1.79. The van der Waals surface area contributed by atoms with Crippen molar-refractivity contribution in [1.82, 2.24) is 15.1 Å². The van der Waals surface area contributed by atoms with Crippen LogP contribution >= 0.6 is 0 Å². The van der Waals surface area contributed by atoms with Crippen LogP contribution in [0.2, 0.25) is 0 Å². The summed E-state index contributed by atoms with van der Waals surface area (Å²) in [5.74, 6) is 0.913. The van der Waals surface area contributed by atoms with Crippen LogP contribution in [0.4, 0.5) is 4.79 Å². The van der Waals surface area contributed by atoms with Crippen molar-refractivity contribution in [1.29, 1.82) is 0 Å². The lowest BCUT2D eigenvalue weighted by Gasteiger charge is -2.45. The van der Waals surface area contributed by atoms with Crippen molar-refractivity contribution in [3.63, 3.8) is 0 Å². The van der Waals surface area contributed by atoms with E-state index < -0.39 is 0 Å². The zero-order chi connectivity index (χ0) is 17.6. The molecule has 2 fully saturated rings. The first-order valence-electron chi connectivity index (χ1n) is 9.18. The van der Waals surface area contributed by atoms with Gasteiger partial charge in [-0.05, 0) is 38.4 Å². The van der Waals surface area contributed by atoms with Crippen molar-refractivity contribution in [3.8, 4) is 5.75 Å². The number of para-hydroxylation sites is 1. The van der Waals surface area contributed by atoms with Crippen molar-refractivity contribution in [2.45, 2.75) is 31.9 Å². The largest absolute Gasteiger partial charge is 0.493 e. The molecule has 3 rings (SSSR count). The van der Waals surface area contributed by atoms with Crippen molar-refractivity contribution in [3.05, 3.63) is 29.8 Å². The fourth-order valence-corrected chi connectivity index (χ4v) is 3.51. The molecule has 2 aliphatic heterocycles. The standard InChI is InChI=1S/C19H29N3O3/c1-15-6-3-4-7-17(15)24-12-5-9-20-19(23)22-10-8-18-16(14-22)21(2)11-13-25-18/h3-4,6-7,16,18H,5,8-14H2,1-2H3,(H,20,23)/t16-,18-/m0/s1. The number of amides is 2. The number of morpholine rings is 1. The number of urea groups is 1. The lowest BCUT2D eigenvalue weighted by Crippen LogP contribution is -2.60. The highest BCUT2D eigenvalue weighted by Crippen LogP contribution is 2.22. The van der Waals surface area contributed by atoms with Gasteiger partial charge in [0.1, 0.15) is 5.75 Å². The van der Waals surface area contributed by atoms with E-state index in [2.05, 4.69) is 17.3 Å². The van der Waals surface area contributed by atoms with E-state index in [9.17, 15) is 4.79 Å². The summed E-state index contributed by atoms with van der Waals surface area (Å²) in [5, 5.41) is 3.01. The van der Waals surface area contributed by atoms with E-state index in [0.29, 0.717) is 19.2 Å². The molecule has 0 spiro atoms. The predicted octanol–water partition coefficient (Wildman–Crippen LogP) is 1.88. The molecule has 1 aromatic rings. The smallest absolute Gasteiger partial charge is 0.317 e. The van der Waals surface area contributed by atoms with Crippen LogP contribution in [0.1, 0.15) is 18.4 Å². The summed E-state index contributed by atoms with van der Waals surface area (Å²) in [4.78, 5) is 16.6. The second-order valence-corrected chi connectivity index (χ2v) is 6.89. The number of carbonyl (C=O) groups excluding carboxylic acids is 1. The molecule has 138 valence electrons. The molecule has 2 aliphatic rings. The summed E-state index contributed by atoms with van der Waals surface area (Å²) in [5.41, 5.74) is 1.13. The Balaban J connectivity index is 1.36. The molecule has 2 atom stereocenters. The highest BCUT2D eigenvalue weighted by molar-refractivity contribution is 5.74. The number of ether oxygens (including phenoxy) is 2. The number of likely N-dealkylation sites (N-methyl/N-ethyl adjacent to an activating group) is 1. The average molecular weight is 347 g/mol. The number of likely N-dealkylation sites (tertiary alicyclic amines) is 1. The highest BCUT2D eigenvalue weighted by atomic mass is 16.5. The van der Waals surface area contributed by atoms with Gasteiger partial charge in [-0.25, -0.2) is 4.79 Å². The van der Waals surface area contributed by atoms with Crippen LogP contribution in [0.25, 0.3) is 0 Å². The summed E-state index contributed by atoms with van der Waals surface area (Å²) in [6.07, 6.45) is 1.98. The Kier molecular flexibility index (Phi) is 6.15. The minimum Gasteiger partial charge on any atom is -0.493 e. The maximum Gasteiger partial charge on any atom is 0.317 e. The average Bonchev–Trinajstić information content (AvgIpc) is 2.63. The molecule has 1 N–H and O–H groups in total. The summed E-state index contributed by atoms with van der Waals surface area (Å²) in [7, 11) is 2.12. The number of aryl methyl sites for hydroxylation is 1. The molecule has 0 aromatic heterocycles. The van der Waals surface area contributed by atoms with Crippen molar-refractivity contribution < 1.29 is 14.3 Å². The summed E-state index contributed by atoms with van der Waals surface area (Å²) in [6, 6.07) is 8.32. The second-order valence-electron chi connectivity index (χ2n) is 6.89. The summed E-state index contributed by atoms with van der Waals surface area (Å²) in [6.45, 7) is 6.51. The molecule has 0 bridgehead atoms. The van der Waals surface area contributed by atoms with Gasteiger partial charge in [-0.2, -0.15) is 0 Å². The number of carbonyl (C=O) groups is 1. The number of benzene rings is 1. The highest BCUT2D eigenvalue weighted by Gasteiger charge is 2.36. The Morgan fingerprint density at radius 3 is 3.04 bits per heavy atom. The van der Waals surface area contributed by atoms with Crippen LogP contribution in [-0.4, -0.2) is 74.4 Å². The molecule has 25 heavy (non-hydrogen) atoms. The lowest BCUT2D eigenvalue weighted by atomic mass is 9.99. The third-order valence-electron chi connectivity index (χ3n) is 5.10. The zero-order valence-electron chi connectivity index (χ0n) is 15.2. The number of hydrogen-bond acceptors (Lipinski definition) is 4. The van der Waals surface area contributed by atoms with Crippen molar-refractivity contribution in [2.24, 2.45) is 0 Å². The first kappa shape index (κ1) is 18.0. The van der Waals surface area contributed by atoms with E-state index in [1.165, 1.54) is 0 Å². The maximum atomic E-state index is 12.4. The van der Waals surface area contributed by atoms with Crippen LogP contribution in [0.5, 0.6) is 5.75 Å². The number of nitrogens with zero attached hydrogens (tertiary/aromatic N) is 2. The van der Waals surface area contributed by atoms with Gasteiger partial charge < -0.3 is 19.7 Å². The van der Waals surface area contributed by atoms with Crippen LogP contribution in [0, 0.1) is 6.92 Å². The molecule has 1 aromatic carbocycles. The number of rotatable bonds is 5. The number of piperidine rings is 1. The molecule has 2 saturated heterocycles. The van der Waals surface area contributed by atoms with Crippen LogP contribution < -0.4 is 10.1 Å². The molecular formula is C19H29N3O3. The molecule has 2 heterocycles. The normalized spacial score (nSPS) is 23.8. The van der Waals surface area contributed by atoms with Crippen molar-refractivity contribution in [2.75, 3.05) is 46.4 Å². The van der Waals surface area contributed by atoms with E-state index in [1.54, 1.807) is 0 Å². The van der Waals surface area contributed by atoms with Gasteiger partial charge in [-0.1, -0.05) is 18.2 Å². The Morgan fingerprint density at radius 2 is 2.20 bits per heavy atom. The van der Waals surface area contributed by atoms with Gasteiger partial charge in [0, 0.05) is 26.2 Å². The maximum absolute atomic E-state index is 12.4. The second kappa shape index (κ2) is 8.54. The zero-order valence-corrected chi connectivity index (χ0v) is 15.2. The van der Waals surface area contributed by atoms with Gasteiger partial charge in [0.15, 0.2) is 0 Å². The Labute approximate surface area is 150 Å². The topological polar surface area (TPSA) is 54.0 Å². The first-order chi connectivity index (χ1) is 12.1. The molecule has 0 unspecified atom stereocenters. The van der Waals surface area contributed by atoms with E-state index in [-0.39, 0.29) is 12.1 Å². The van der Waals surface area contributed by atoms with E-state index in [1.807, 2.05) is 36.1 Å². The third kappa shape index (κ3) is 4.64. The van der Waals surface area contributed by atoms with E-state index in [0.717, 1.165) is 50.4 Å². The van der Waals surface area contributed by atoms with Gasteiger partial charge in [0.05, 0.1) is 25.4 Å². The third-order valence-corrected chi connectivity index (χ3v) is 5.10. The fourth-order valence-electron chi connectivity index (χ4n) is 3.51. The molecule has 0 radical (unpaired) electrons. The van der Waals surface area contributed by atoms with E-state index in [4.69, 9.17) is 9.47 Å². The molecule has 0 aliphatic carbocycles. The fraction of sp³-hybridized carbons (Fsp3) is 0.632. The minimum atomic E-state index is 0.0216. The lowest BCUT2D eigenvalue weighted by molar-refractivity contribution is -0.0881. The van der Waals surface area contributed by atoms with E-state index >= 15 is 0 Å². The van der Waals surface area contributed by atoms with Gasteiger partial charge in [-0.15, -0.1) is 0 Å². The molecule has 6 nitrogen and oxygen atoms in total. The quantitative estimate of drug-likeness (QED) is 0.827.